The summed E-state index contributed by atoms with van der Waals surface area (Å²) in [6, 6.07) is 7.90. The Labute approximate surface area is 103 Å². The first kappa shape index (κ1) is 11.0. The molecule has 0 aromatic heterocycles. The molecular formula is C12H12BrClO. The van der Waals surface area contributed by atoms with Gasteiger partial charge >= 0.3 is 0 Å². The molecule has 0 radical (unpaired) electrons. The summed E-state index contributed by atoms with van der Waals surface area (Å²) in [5, 5.41) is 0.972. The molecule has 2 rings (SSSR count). The molecule has 1 unspecified atom stereocenters. The van der Waals surface area contributed by atoms with E-state index in [2.05, 4.69) is 22.0 Å². The zero-order valence-electron chi connectivity index (χ0n) is 8.25. The van der Waals surface area contributed by atoms with Crippen LogP contribution in [0.25, 0.3) is 0 Å². The summed E-state index contributed by atoms with van der Waals surface area (Å²) >= 11 is 9.30. The maximum atomic E-state index is 5.91. The van der Waals surface area contributed by atoms with Gasteiger partial charge in [-0.2, -0.15) is 0 Å². The number of benzene rings is 1. The molecule has 1 aromatic rings. The molecule has 1 atom stereocenters. The average Bonchev–Trinajstić information content (AvgIpc) is 2.64. The van der Waals surface area contributed by atoms with Crippen molar-refractivity contribution in [2.75, 3.05) is 6.61 Å². The maximum Gasteiger partial charge on any atom is 0.119 e. The highest BCUT2D eigenvalue weighted by molar-refractivity contribution is 9.10. The molecule has 0 heterocycles. The van der Waals surface area contributed by atoms with Gasteiger partial charge < -0.3 is 4.74 Å². The minimum atomic E-state index is 0.543. The highest BCUT2D eigenvalue weighted by Gasteiger charge is 2.16. The largest absolute Gasteiger partial charge is 0.493 e. The second kappa shape index (κ2) is 5.04. The van der Waals surface area contributed by atoms with Crippen LogP contribution in [-0.2, 0) is 0 Å². The van der Waals surface area contributed by atoms with Crippen LogP contribution in [0.4, 0.5) is 0 Å². The lowest BCUT2D eigenvalue weighted by Gasteiger charge is -2.11. The molecule has 3 heteroatoms. The zero-order valence-corrected chi connectivity index (χ0v) is 10.6. The number of hydrogen-bond acceptors (Lipinski definition) is 1. The van der Waals surface area contributed by atoms with Gasteiger partial charge in [0.25, 0.3) is 0 Å². The summed E-state index contributed by atoms with van der Waals surface area (Å²) in [5.41, 5.74) is 0. The molecule has 0 aliphatic heterocycles. The number of ether oxygens (including phenoxy) is 1. The zero-order chi connectivity index (χ0) is 10.7. The van der Waals surface area contributed by atoms with Crippen LogP contribution in [0.15, 0.2) is 39.8 Å². The number of hydrogen-bond donors (Lipinski definition) is 0. The summed E-state index contributed by atoms with van der Waals surface area (Å²) in [4.78, 5) is 0. The SMILES string of the molecule is ClC1=CCC(COc2ccc(Br)cc2)C1. The molecule has 0 spiro atoms. The van der Waals surface area contributed by atoms with E-state index in [1.54, 1.807) is 0 Å². The van der Waals surface area contributed by atoms with Crippen molar-refractivity contribution in [2.24, 2.45) is 5.92 Å². The molecule has 1 nitrogen and oxygen atoms in total. The van der Waals surface area contributed by atoms with Crippen LogP contribution in [0.2, 0.25) is 0 Å². The second-order valence-electron chi connectivity index (χ2n) is 3.72. The van der Waals surface area contributed by atoms with E-state index in [1.807, 2.05) is 24.3 Å². The van der Waals surface area contributed by atoms with E-state index in [1.165, 1.54) is 0 Å². The van der Waals surface area contributed by atoms with E-state index in [9.17, 15) is 0 Å². The molecule has 0 N–H and O–H groups in total. The van der Waals surface area contributed by atoms with Crippen molar-refractivity contribution in [2.45, 2.75) is 12.8 Å². The molecule has 15 heavy (non-hydrogen) atoms. The van der Waals surface area contributed by atoms with Crippen LogP contribution in [-0.4, -0.2) is 6.61 Å². The van der Waals surface area contributed by atoms with Crippen molar-refractivity contribution in [3.8, 4) is 5.75 Å². The standard InChI is InChI=1S/C12H12BrClO/c13-10-2-5-12(6-3-10)15-8-9-1-4-11(14)7-9/h2-6,9H,1,7-8H2. The fourth-order valence-electron chi connectivity index (χ4n) is 1.61. The van der Waals surface area contributed by atoms with Crippen LogP contribution in [0.3, 0.4) is 0 Å². The first-order valence-corrected chi connectivity index (χ1v) is 6.14. The summed E-state index contributed by atoms with van der Waals surface area (Å²) in [5.74, 6) is 1.46. The quantitative estimate of drug-likeness (QED) is 0.802. The van der Waals surface area contributed by atoms with Crippen LogP contribution in [0.5, 0.6) is 5.75 Å². The maximum absolute atomic E-state index is 5.91. The van der Waals surface area contributed by atoms with Crippen molar-refractivity contribution >= 4 is 27.5 Å². The molecule has 0 saturated carbocycles. The Morgan fingerprint density at radius 1 is 1.33 bits per heavy atom. The summed E-state index contributed by atoms with van der Waals surface area (Å²) < 4.78 is 6.75. The van der Waals surface area contributed by atoms with Crippen LogP contribution < -0.4 is 4.74 Å². The van der Waals surface area contributed by atoms with Gasteiger partial charge in [0.1, 0.15) is 5.75 Å². The molecule has 1 aliphatic rings. The first-order chi connectivity index (χ1) is 7.24. The van der Waals surface area contributed by atoms with Gasteiger partial charge in [-0.15, -0.1) is 0 Å². The van der Waals surface area contributed by atoms with Crippen molar-refractivity contribution in [1.29, 1.82) is 0 Å². The van der Waals surface area contributed by atoms with E-state index in [0.717, 1.165) is 34.7 Å². The highest BCUT2D eigenvalue weighted by Crippen LogP contribution is 2.28. The molecule has 0 amide bonds. The number of halogens is 2. The van der Waals surface area contributed by atoms with E-state index in [4.69, 9.17) is 16.3 Å². The van der Waals surface area contributed by atoms with Crippen LogP contribution >= 0.6 is 27.5 Å². The van der Waals surface area contributed by atoms with Crippen molar-refractivity contribution in [3.05, 3.63) is 39.8 Å². The van der Waals surface area contributed by atoms with E-state index in [-0.39, 0.29) is 0 Å². The van der Waals surface area contributed by atoms with E-state index < -0.39 is 0 Å². The fourth-order valence-corrected chi connectivity index (χ4v) is 2.18. The van der Waals surface area contributed by atoms with Crippen molar-refractivity contribution in [1.82, 2.24) is 0 Å². The van der Waals surface area contributed by atoms with Crippen molar-refractivity contribution in [3.63, 3.8) is 0 Å². The molecule has 1 aliphatic carbocycles. The van der Waals surface area contributed by atoms with Gasteiger partial charge in [-0.05, 0) is 37.1 Å². The highest BCUT2D eigenvalue weighted by atomic mass is 79.9. The Hall–Kier alpha value is -0.470. The van der Waals surface area contributed by atoms with E-state index >= 15 is 0 Å². The Morgan fingerprint density at radius 2 is 2.07 bits per heavy atom. The fraction of sp³-hybridized carbons (Fsp3) is 0.333. The number of rotatable bonds is 3. The molecule has 0 fully saturated rings. The molecule has 1 aromatic carbocycles. The van der Waals surface area contributed by atoms with Crippen LogP contribution in [0, 0.1) is 5.92 Å². The average molecular weight is 288 g/mol. The first-order valence-electron chi connectivity index (χ1n) is 4.97. The smallest absolute Gasteiger partial charge is 0.119 e. The third kappa shape index (κ3) is 3.25. The Kier molecular flexibility index (Phi) is 3.71. The monoisotopic (exact) mass is 286 g/mol. The minimum absolute atomic E-state index is 0.543. The van der Waals surface area contributed by atoms with Gasteiger partial charge in [-0.25, -0.2) is 0 Å². The van der Waals surface area contributed by atoms with Gasteiger partial charge in [0.2, 0.25) is 0 Å². The molecule has 0 bridgehead atoms. The Morgan fingerprint density at radius 3 is 2.67 bits per heavy atom. The lowest BCUT2D eigenvalue weighted by atomic mass is 10.1. The number of allylic oxidation sites excluding steroid dienone is 2. The van der Waals surface area contributed by atoms with Gasteiger partial charge in [-0.3, -0.25) is 0 Å². The predicted octanol–water partition coefficient (Wildman–Crippen LogP) is 4.36. The third-order valence-corrected chi connectivity index (χ3v) is 3.29. The lowest BCUT2D eigenvalue weighted by molar-refractivity contribution is 0.256. The topological polar surface area (TPSA) is 9.23 Å². The molecular weight excluding hydrogens is 275 g/mol. The van der Waals surface area contributed by atoms with Gasteiger partial charge in [0, 0.05) is 15.4 Å². The van der Waals surface area contributed by atoms with Crippen LogP contribution in [0.1, 0.15) is 12.8 Å². The summed E-state index contributed by atoms with van der Waals surface area (Å²) in [7, 11) is 0. The molecule has 0 saturated heterocycles. The van der Waals surface area contributed by atoms with E-state index in [0.29, 0.717) is 5.92 Å². The van der Waals surface area contributed by atoms with Gasteiger partial charge in [0.15, 0.2) is 0 Å². The minimum Gasteiger partial charge on any atom is -0.493 e. The van der Waals surface area contributed by atoms with Crippen molar-refractivity contribution < 1.29 is 4.74 Å². The third-order valence-electron chi connectivity index (χ3n) is 2.46. The Balaban J connectivity index is 1.81. The molecule has 80 valence electrons. The lowest BCUT2D eigenvalue weighted by Crippen LogP contribution is -2.08. The van der Waals surface area contributed by atoms with Gasteiger partial charge in [-0.1, -0.05) is 33.6 Å². The second-order valence-corrected chi connectivity index (χ2v) is 5.12. The summed E-state index contributed by atoms with van der Waals surface area (Å²) in [6.07, 6.45) is 4.07. The normalized spacial score (nSPS) is 20.1. The van der Waals surface area contributed by atoms with Gasteiger partial charge in [0.05, 0.1) is 6.61 Å². The predicted molar refractivity (Wildman–Crippen MR) is 66.3 cm³/mol. The Bertz CT molecular complexity index is 358. The summed E-state index contributed by atoms with van der Waals surface area (Å²) in [6.45, 7) is 0.744.